The highest BCUT2D eigenvalue weighted by Crippen LogP contribution is 2.44. The van der Waals surface area contributed by atoms with E-state index in [-0.39, 0.29) is 41.3 Å². The number of aliphatic hydroxyl groups is 1. The average Bonchev–Trinajstić information content (AvgIpc) is 4.22. The number of likely N-dealkylation sites (tertiary alicyclic amines) is 1. The summed E-state index contributed by atoms with van der Waals surface area (Å²) >= 11 is 0. The van der Waals surface area contributed by atoms with Crippen LogP contribution < -0.4 is 24.8 Å². The number of nitrogens with zero attached hydrogens (tertiary/aromatic N) is 10. The second-order valence-electron chi connectivity index (χ2n) is 22.5. The molecule has 22 nitrogen and oxygen atoms in total. The lowest BCUT2D eigenvalue weighted by molar-refractivity contribution is -0.155. The molecule has 5 aliphatic heterocycles. The molecule has 3 saturated heterocycles. The summed E-state index contributed by atoms with van der Waals surface area (Å²) in [7, 11) is -3.45. The van der Waals surface area contributed by atoms with Crippen molar-refractivity contribution in [3.05, 3.63) is 101 Å². The van der Waals surface area contributed by atoms with E-state index in [0.717, 1.165) is 74.7 Å². The van der Waals surface area contributed by atoms with Crippen LogP contribution in [0.1, 0.15) is 108 Å². The fraction of sp³-hybridized carbons (Fsp3) is 0.455. The number of phosphoric acid groups is 1. The van der Waals surface area contributed by atoms with Gasteiger partial charge in [0.2, 0.25) is 11.8 Å². The summed E-state index contributed by atoms with van der Waals surface area (Å²) in [6.07, 6.45) is 8.52. The molecule has 1 unspecified atom stereocenters. The number of methoxy groups -OCH3 is 1. The fourth-order valence-electron chi connectivity index (χ4n) is 12.5. The number of imide groups is 2. The molecule has 1 aliphatic carbocycles. The first-order valence-corrected chi connectivity index (χ1v) is 27.9. The lowest BCUT2D eigenvalue weighted by atomic mass is 9.89. The minimum absolute atomic E-state index is 0.112. The second kappa shape index (κ2) is 20.0. The van der Waals surface area contributed by atoms with Gasteiger partial charge in [0.1, 0.15) is 35.8 Å². The largest absolute Gasteiger partial charge is 0.480 e. The number of ether oxygens (including phenoxy) is 1. The van der Waals surface area contributed by atoms with Gasteiger partial charge in [0.05, 0.1) is 35.7 Å². The van der Waals surface area contributed by atoms with Crippen LogP contribution in [0.5, 0.6) is 5.88 Å². The Morgan fingerprint density at radius 2 is 1.58 bits per heavy atom. The molecule has 4 aromatic heterocycles. The Hall–Kier alpha value is -7.07. The average molecular weight is 1090 g/mol. The monoisotopic (exact) mass is 1090 g/mol. The predicted molar refractivity (Wildman–Crippen MR) is 288 cm³/mol. The molecule has 5 aromatic rings. The zero-order valence-corrected chi connectivity index (χ0v) is 45.4. The summed E-state index contributed by atoms with van der Waals surface area (Å²) in [6.45, 7) is 14.2. The molecule has 0 bridgehead atoms. The van der Waals surface area contributed by atoms with Gasteiger partial charge in [-0.05, 0) is 118 Å². The van der Waals surface area contributed by atoms with Crippen molar-refractivity contribution in [2.45, 2.75) is 103 Å². The van der Waals surface area contributed by atoms with E-state index in [1.165, 1.54) is 11.3 Å². The number of fused-ring (bicyclic) bond motifs is 4. The van der Waals surface area contributed by atoms with Gasteiger partial charge in [-0.25, -0.2) is 19.5 Å². The molecule has 23 heteroatoms. The molecular formula is C55H64N11O11P. The number of benzene rings is 1. The number of aromatic nitrogens is 4. The second-order valence-corrected chi connectivity index (χ2v) is 23.7. The van der Waals surface area contributed by atoms with Gasteiger partial charge in [0, 0.05) is 99.2 Å². The third-order valence-corrected chi connectivity index (χ3v) is 16.6. The van der Waals surface area contributed by atoms with Crippen LogP contribution in [0.4, 0.5) is 28.7 Å². The normalized spacial score (nSPS) is 21.1. The van der Waals surface area contributed by atoms with Gasteiger partial charge in [0.25, 0.3) is 23.6 Å². The van der Waals surface area contributed by atoms with E-state index in [1.54, 1.807) is 56.4 Å². The lowest BCUT2D eigenvalue weighted by Crippen LogP contribution is -2.57. The van der Waals surface area contributed by atoms with Crippen molar-refractivity contribution in [2.75, 3.05) is 73.1 Å². The van der Waals surface area contributed by atoms with Crippen molar-refractivity contribution in [2.24, 2.45) is 5.41 Å². The molecule has 0 saturated carbocycles. The lowest BCUT2D eigenvalue weighted by Gasteiger charge is -2.46. The van der Waals surface area contributed by atoms with Crippen molar-refractivity contribution in [3.8, 4) is 17.0 Å². The maximum Gasteiger partial charge on any atom is 0.471 e. The van der Waals surface area contributed by atoms with Crippen molar-refractivity contribution >= 4 is 66.1 Å². The standard InChI is InChI=1S/C55H64N11O11P/c1-32-30-61(35-14-17-60(18-15-35)36-7-9-39-40(25-36)51(69)66(50(39)68)42-10-12-46(67)65(52(42)70)31-77-78(73,74)75)19-20-62(32)37-8-11-45(57-29-37)59-41-23-34(28-58-49(41)76-6)38-13-16-56-48(47(38)55(4,5)72)64-22-21-63-43(53(64)71)24-33-26-54(2,3)27-44(33)63/h7-9,11,13,16,23-25,28-29,32,35,42,72H,10,12,14-15,17-22,26-27,30-31H2,1-6H3,(H,57,59)(H2,73,74,75)/t32-,42?/m0/s1. The zero-order valence-electron chi connectivity index (χ0n) is 44.5. The summed E-state index contributed by atoms with van der Waals surface area (Å²) in [5.74, 6) is -1.79. The van der Waals surface area contributed by atoms with Gasteiger partial charge in [0.15, 0.2) is 0 Å². The van der Waals surface area contributed by atoms with E-state index in [1.807, 2.05) is 30.5 Å². The molecule has 9 heterocycles. The Kier molecular flexibility index (Phi) is 13.6. The smallest absolute Gasteiger partial charge is 0.471 e. The Bertz CT molecular complexity index is 3310. The topological polar surface area (TPSA) is 257 Å². The van der Waals surface area contributed by atoms with Crippen LogP contribution in [0, 0.1) is 5.41 Å². The van der Waals surface area contributed by atoms with Gasteiger partial charge in [-0.2, -0.15) is 0 Å². The molecule has 78 heavy (non-hydrogen) atoms. The zero-order chi connectivity index (χ0) is 55.2. The van der Waals surface area contributed by atoms with E-state index < -0.39 is 49.8 Å². The number of carbonyl (C=O) groups is 5. The highest BCUT2D eigenvalue weighted by molar-refractivity contribution is 7.46. The van der Waals surface area contributed by atoms with E-state index >= 15 is 0 Å². The minimum Gasteiger partial charge on any atom is -0.480 e. The number of pyridine rings is 3. The molecular weight excluding hydrogens is 1020 g/mol. The van der Waals surface area contributed by atoms with Crippen LogP contribution in [-0.4, -0.2) is 150 Å². The summed E-state index contributed by atoms with van der Waals surface area (Å²) in [5.41, 5.74) is 6.43. The van der Waals surface area contributed by atoms with E-state index in [2.05, 4.69) is 60.9 Å². The number of piperidine rings is 2. The van der Waals surface area contributed by atoms with Crippen molar-refractivity contribution in [1.82, 2.24) is 34.2 Å². The molecule has 4 N–H and O–H groups in total. The first kappa shape index (κ1) is 53.0. The molecule has 0 radical (unpaired) electrons. The number of phosphoric ester groups is 1. The number of anilines is 5. The number of nitrogens with one attached hydrogen (secondary N) is 1. The van der Waals surface area contributed by atoms with Crippen LogP contribution in [0.15, 0.2) is 67.1 Å². The molecule has 6 aliphatic rings. The third-order valence-electron chi connectivity index (χ3n) is 16.2. The number of carbonyl (C=O) groups excluding carboxylic acids is 5. The molecule has 0 spiro atoms. The Morgan fingerprint density at radius 1 is 0.821 bits per heavy atom. The first-order chi connectivity index (χ1) is 37.1. The van der Waals surface area contributed by atoms with Crippen LogP contribution in [0.25, 0.3) is 11.1 Å². The molecule has 1 aromatic carbocycles. The van der Waals surface area contributed by atoms with E-state index in [0.29, 0.717) is 69.6 Å². The number of hydrogen-bond donors (Lipinski definition) is 4. The summed E-state index contributed by atoms with van der Waals surface area (Å²) in [4.78, 5) is 110. The van der Waals surface area contributed by atoms with Crippen LogP contribution in [0.2, 0.25) is 0 Å². The molecule has 410 valence electrons. The predicted octanol–water partition coefficient (Wildman–Crippen LogP) is 5.46. The van der Waals surface area contributed by atoms with Crippen LogP contribution >= 0.6 is 7.82 Å². The summed E-state index contributed by atoms with van der Waals surface area (Å²) in [6, 6.07) is 14.0. The summed E-state index contributed by atoms with van der Waals surface area (Å²) < 4.78 is 23.5. The SMILES string of the molecule is COc1ncc(-c2ccnc(N3CCn4c(cc5c4CC(C)(C)C5)C3=O)c2C(C)(C)O)cc1Nc1ccc(N2CCN(C3CCN(c4ccc5c(c4)C(=O)N(C4CCC(=O)N(COP(=O)(O)O)C4=O)C5=O)CC3)C[C@@H]2C)cn1. The van der Waals surface area contributed by atoms with Crippen molar-refractivity contribution in [1.29, 1.82) is 0 Å². The molecule has 2 atom stereocenters. The van der Waals surface area contributed by atoms with Gasteiger partial charge in [-0.15, -0.1) is 0 Å². The highest BCUT2D eigenvalue weighted by Gasteiger charge is 2.48. The summed E-state index contributed by atoms with van der Waals surface area (Å²) in [5, 5.41) is 15.2. The number of piperazine rings is 1. The molecule has 3 fully saturated rings. The highest BCUT2D eigenvalue weighted by atomic mass is 31.2. The van der Waals surface area contributed by atoms with E-state index in [9.17, 15) is 33.6 Å². The van der Waals surface area contributed by atoms with Gasteiger partial charge >= 0.3 is 7.82 Å². The maximum absolute atomic E-state index is 14.2. The minimum atomic E-state index is -5.01. The van der Waals surface area contributed by atoms with Crippen LogP contribution in [-0.2, 0) is 43.7 Å². The first-order valence-electron chi connectivity index (χ1n) is 26.4. The quantitative estimate of drug-likeness (QED) is 0.0843. The number of rotatable bonds is 13. The molecule has 5 amide bonds. The number of amides is 5. The fourth-order valence-corrected chi connectivity index (χ4v) is 12.7. The molecule has 11 rings (SSSR count). The Morgan fingerprint density at radius 3 is 2.28 bits per heavy atom. The van der Waals surface area contributed by atoms with Gasteiger partial charge in [-0.3, -0.25) is 48.1 Å². The van der Waals surface area contributed by atoms with E-state index in [4.69, 9.17) is 24.5 Å². The van der Waals surface area contributed by atoms with Crippen LogP contribution in [0.3, 0.4) is 0 Å². The van der Waals surface area contributed by atoms with Crippen molar-refractivity contribution < 1.29 is 52.7 Å². The van der Waals surface area contributed by atoms with Gasteiger partial charge < -0.3 is 39.3 Å². The van der Waals surface area contributed by atoms with Crippen molar-refractivity contribution in [3.63, 3.8) is 0 Å². The van der Waals surface area contributed by atoms with Gasteiger partial charge in [-0.1, -0.05) is 13.8 Å². The Balaban J connectivity index is 0.715. The maximum atomic E-state index is 14.2. The Labute approximate surface area is 451 Å². The number of hydrogen-bond acceptors (Lipinski definition) is 16. The third kappa shape index (κ3) is 9.82.